The van der Waals surface area contributed by atoms with Crippen molar-refractivity contribution in [2.75, 3.05) is 20.3 Å². The number of carbonyl (C=O) groups excluding carboxylic acids is 1. The number of hydrogen-bond donors (Lipinski definition) is 1. The summed E-state index contributed by atoms with van der Waals surface area (Å²) in [5, 5.41) is 6.37. The summed E-state index contributed by atoms with van der Waals surface area (Å²) >= 11 is 4.97. The van der Waals surface area contributed by atoms with Gasteiger partial charge in [-0.2, -0.15) is 0 Å². The Balaban J connectivity index is 1.86. The average Bonchev–Trinajstić information content (AvgIpc) is 3.11. The van der Waals surface area contributed by atoms with E-state index < -0.39 is 5.60 Å². The summed E-state index contributed by atoms with van der Waals surface area (Å²) in [6.07, 6.45) is 1.95. The molecule has 104 valence electrons. The van der Waals surface area contributed by atoms with Gasteiger partial charge < -0.3 is 14.8 Å². The molecule has 5 nitrogen and oxygen atoms in total. The van der Waals surface area contributed by atoms with E-state index >= 15 is 0 Å². The molecule has 1 aliphatic carbocycles. The van der Waals surface area contributed by atoms with Crippen LogP contribution in [0, 0.1) is 5.92 Å². The van der Waals surface area contributed by atoms with E-state index in [4.69, 9.17) is 4.74 Å². The molecular weight excluding hydrogens is 332 g/mol. The Morgan fingerprint density at radius 3 is 3.11 bits per heavy atom. The summed E-state index contributed by atoms with van der Waals surface area (Å²) in [5.41, 5.74) is -0.430. The number of carbonyl (C=O) groups is 1. The second-order valence-corrected chi connectivity index (χ2v) is 6.64. The van der Waals surface area contributed by atoms with Crippen LogP contribution in [0.25, 0.3) is 0 Å². The van der Waals surface area contributed by atoms with Gasteiger partial charge in [0.2, 0.25) is 0 Å². The molecule has 7 heteroatoms. The van der Waals surface area contributed by atoms with Crippen molar-refractivity contribution in [2.24, 2.45) is 5.92 Å². The zero-order valence-corrected chi connectivity index (χ0v) is 12.9. The summed E-state index contributed by atoms with van der Waals surface area (Å²) in [6.45, 7) is 0.903. The molecule has 1 aromatic rings. The van der Waals surface area contributed by atoms with Crippen LogP contribution in [0.5, 0.6) is 0 Å². The number of hydrogen-bond acceptors (Lipinski definition) is 6. The monoisotopic (exact) mass is 346 g/mol. The van der Waals surface area contributed by atoms with E-state index in [1.54, 1.807) is 11.3 Å². The molecule has 2 fully saturated rings. The maximum absolute atomic E-state index is 11.4. The SMILES string of the molecule is COC(=O)COC1(c2nc(Br)cs2)CC2CC1CN2. The van der Waals surface area contributed by atoms with Gasteiger partial charge in [0.25, 0.3) is 0 Å². The molecule has 1 saturated carbocycles. The summed E-state index contributed by atoms with van der Waals surface area (Å²) in [4.78, 5) is 15.9. The lowest BCUT2D eigenvalue weighted by Gasteiger charge is -2.35. The highest BCUT2D eigenvalue weighted by atomic mass is 79.9. The zero-order valence-electron chi connectivity index (χ0n) is 10.5. The Bertz CT molecular complexity index is 495. The van der Waals surface area contributed by atoms with Crippen molar-refractivity contribution in [1.82, 2.24) is 10.3 Å². The van der Waals surface area contributed by atoms with Crippen LogP contribution in [-0.2, 0) is 19.9 Å². The molecular formula is C12H15BrN2O3S. The lowest BCUT2D eigenvalue weighted by molar-refractivity contribution is -0.158. The van der Waals surface area contributed by atoms with Crippen LogP contribution in [0.15, 0.2) is 9.98 Å². The minimum Gasteiger partial charge on any atom is -0.467 e. The molecule has 0 spiro atoms. The molecule has 1 aliphatic heterocycles. The number of nitrogens with one attached hydrogen (secondary N) is 1. The lowest BCUT2D eigenvalue weighted by Crippen LogP contribution is -2.44. The molecule has 0 amide bonds. The molecule has 19 heavy (non-hydrogen) atoms. The van der Waals surface area contributed by atoms with Gasteiger partial charge >= 0.3 is 5.97 Å². The van der Waals surface area contributed by atoms with Crippen LogP contribution in [-0.4, -0.2) is 37.3 Å². The Labute approximate surface area is 123 Å². The quantitative estimate of drug-likeness (QED) is 0.840. The number of esters is 1. The molecule has 1 N–H and O–H groups in total. The molecule has 3 atom stereocenters. The van der Waals surface area contributed by atoms with Crippen LogP contribution in [0.2, 0.25) is 0 Å². The Kier molecular flexibility index (Phi) is 3.63. The fraction of sp³-hybridized carbons (Fsp3) is 0.667. The third-order valence-electron chi connectivity index (χ3n) is 3.94. The fourth-order valence-electron chi connectivity index (χ4n) is 3.06. The lowest BCUT2D eigenvalue weighted by atomic mass is 9.90. The largest absolute Gasteiger partial charge is 0.467 e. The van der Waals surface area contributed by atoms with Crippen molar-refractivity contribution < 1.29 is 14.3 Å². The third-order valence-corrected chi connectivity index (χ3v) is 5.65. The van der Waals surface area contributed by atoms with Gasteiger partial charge in [0.05, 0.1) is 7.11 Å². The van der Waals surface area contributed by atoms with E-state index in [0.29, 0.717) is 12.0 Å². The van der Waals surface area contributed by atoms with Crippen molar-refractivity contribution in [1.29, 1.82) is 0 Å². The van der Waals surface area contributed by atoms with Crippen LogP contribution < -0.4 is 5.32 Å². The number of halogens is 1. The van der Waals surface area contributed by atoms with Crippen LogP contribution in [0.4, 0.5) is 0 Å². The second-order valence-electron chi connectivity index (χ2n) is 4.97. The van der Waals surface area contributed by atoms with Crippen molar-refractivity contribution in [3.8, 4) is 0 Å². The highest BCUT2D eigenvalue weighted by Crippen LogP contribution is 2.50. The van der Waals surface area contributed by atoms with Gasteiger partial charge in [0.15, 0.2) is 0 Å². The predicted molar refractivity (Wildman–Crippen MR) is 74.0 cm³/mol. The van der Waals surface area contributed by atoms with E-state index in [1.807, 2.05) is 5.38 Å². The van der Waals surface area contributed by atoms with E-state index in [9.17, 15) is 4.79 Å². The van der Waals surface area contributed by atoms with Crippen molar-refractivity contribution >= 4 is 33.2 Å². The smallest absolute Gasteiger partial charge is 0.331 e. The fourth-order valence-corrected chi connectivity index (χ4v) is 4.55. The average molecular weight is 347 g/mol. The Hall–Kier alpha value is -0.500. The van der Waals surface area contributed by atoms with Crippen molar-refractivity contribution in [2.45, 2.75) is 24.5 Å². The first-order valence-electron chi connectivity index (χ1n) is 6.19. The zero-order chi connectivity index (χ0) is 13.5. The molecule has 1 saturated heterocycles. The standard InChI is InChI=1S/C12H15BrN2O3S/c1-17-10(16)5-18-12(11-15-9(13)6-19-11)3-8-2-7(12)4-14-8/h6-8,14H,2-5H2,1H3. The van der Waals surface area contributed by atoms with Gasteiger partial charge in [-0.3, -0.25) is 0 Å². The summed E-state index contributed by atoms with van der Waals surface area (Å²) in [5.74, 6) is 0.0333. The van der Waals surface area contributed by atoms with E-state index in [-0.39, 0.29) is 12.6 Å². The molecule has 3 rings (SSSR count). The summed E-state index contributed by atoms with van der Waals surface area (Å²) in [6, 6.07) is 0.463. The van der Waals surface area contributed by atoms with Gasteiger partial charge in [-0.05, 0) is 28.8 Å². The Morgan fingerprint density at radius 1 is 1.74 bits per heavy atom. The normalized spacial score (nSPS) is 32.7. The number of ether oxygens (including phenoxy) is 2. The van der Waals surface area contributed by atoms with Gasteiger partial charge in [0.1, 0.15) is 21.8 Å². The summed E-state index contributed by atoms with van der Waals surface area (Å²) in [7, 11) is 1.38. The van der Waals surface area contributed by atoms with E-state index in [0.717, 1.165) is 29.0 Å². The molecule has 2 bridgehead atoms. The first-order valence-corrected chi connectivity index (χ1v) is 7.87. The molecule has 2 heterocycles. The predicted octanol–water partition coefficient (Wildman–Crippen LogP) is 1.67. The molecule has 3 unspecified atom stereocenters. The number of rotatable bonds is 4. The first-order chi connectivity index (χ1) is 9.14. The van der Waals surface area contributed by atoms with E-state index in [2.05, 4.69) is 31.0 Å². The number of methoxy groups -OCH3 is 1. The first kappa shape index (κ1) is 13.5. The molecule has 1 aromatic heterocycles. The van der Waals surface area contributed by atoms with Gasteiger partial charge in [-0.25, -0.2) is 9.78 Å². The van der Waals surface area contributed by atoms with E-state index in [1.165, 1.54) is 7.11 Å². The highest BCUT2D eigenvalue weighted by Gasteiger charge is 2.55. The van der Waals surface area contributed by atoms with Crippen LogP contribution in [0.1, 0.15) is 17.8 Å². The number of fused-ring (bicyclic) bond motifs is 2. The number of nitrogens with zero attached hydrogens (tertiary/aromatic N) is 1. The molecule has 2 aliphatic rings. The van der Waals surface area contributed by atoms with Gasteiger partial charge in [-0.1, -0.05) is 0 Å². The minimum atomic E-state index is -0.430. The minimum absolute atomic E-state index is 0.0169. The number of thiazole rings is 1. The van der Waals surface area contributed by atoms with Crippen LogP contribution >= 0.6 is 27.3 Å². The van der Waals surface area contributed by atoms with Gasteiger partial charge in [-0.15, -0.1) is 11.3 Å². The second kappa shape index (κ2) is 5.12. The Morgan fingerprint density at radius 2 is 2.58 bits per heavy atom. The highest BCUT2D eigenvalue weighted by molar-refractivity contribution is 9.10. The van der Waals surface area contributed by atoms with Gasteiger partial charge in [0, 0.05) is 23.9 Å². The van der Waals surface area contributed by atoms with Crippen molar-refractivity contribution in [3.05, 3.63) is 15.0 Å². The maximum atomic E-state index is 11.4. The molecule has 0 radical (unpaired) electrons. The number of piperidine rings is 1. The third kappa shape index (κ3) is 2.33. The maximum Gasteiger partial charge on any atom is 0.331 e. The summed E-state index contributed by atoms with van der Waals surface area (Å²) < 4.78 is 11.5. The van der Waals surface area contributed by atoms with Crippen molar-refractivity contribution in [3.63, 3.8) is 0 Å². The van der Waals surface area contributed by atoms with Crippen LogP contribution in [0.3, 0.4) is 0 Å². The topological polar surface area (TPSA) is 60.5 Å². The molecule has 0 aromatic carbocycles. The number of aromatic nitrogens is 1.